The molecule has 0 aliphatic carbocycles. The molecule has 0 spiro atoms. The molecule has 2 rings (SSSR count). The molecule has 0 saturated carbocycles. The Kier molecular flexibility index (Phi) is 3.20. The summed E-state index contributed by atoms with van der Waals surface area (Å²) in [5.74, 6) is -0.221. The third-order valence-electron chi connectivity index (χ3n) is 1.73. The molecule has 2 aromatic rings. The molecule has 82 valence electrons. The van der Waals surface area contributed by atoms with E-state index in [9.17, 15) is 4.79 Å². The number of carbonyl (C=O) groups excluding carboxylic acids is 1. The minimum Gasteiger partial charge on any atom is -0.322 e. The van der Waals surface area contributed by atoms with Gasteiger partial charge in [0.2, 0.25) is 5.91 Å². The Morgan fingerprint density at radius 2 is 2.44 bits per heavy atom. The summed E-state index contributed by atoms with van der Waals surface area (Å²) in [6, 6.07) is 3.48. The third-order valence-corrected chi connectivity index (χ3v) is 2.36. The van der Waals surface area contributed by atoms with E-state index >= 15 is 0 Å². The highest BCUT2D eigenvalue weighted by atomic mass is 79.9. The summed E-state index contributed by atoms with van der Waals surface area (Å²) in [7, 11) is 0. The smallest absolute Gasteiger partial charge is 0.246 e. The summed E-state index contributed by atoms with van der Waals surface area (Å²) in [6.07, 6.45) is 3.00. The number of amides is 1. The summed E-state index contributed by atoms with van der Waals surface area (Å²) in [5.41, 5.74) is 0.612. The average Bonchev–Trinajstić information content (AvgIpc) is 2.74. The minimum atomic E-state index is -0.221. The van der Waals surface area contributed by atoms with Crippen LogP contribution in [-0.2, 0) is 11.3 Å². The third kappa shape index (κ3) is 2.60. The van der Waals surface area contributed by atoms with Crippen molar-refractivity contribution in [2.45, 2.75) is 6.54 Å². The van der Waals surface area contributed by atoms with Crippen molar-refractivity contribution >= 4 is 27.5 Å². The van der Waals surface area contributed by atoms with Crippen molar-refractivity contribution in [1.82, 2.24) is 25.2 Å². The first-order valence-electron chi connectivity index (χ1n) is 4.37. The zero-order chi connectivity index (χ0) is 11.4. The van der Waals surface area contributed by atoms with Gasteiger partial charge in [0.1, 0.15) is 17.5 Å². The van der Waals surface area contributed by atoms with Crippen LogP contribution >= 0.6 is 15.9 Å². The Bertz CT molecular complexity index is 485. The minimum absolute atomic E-state index is 0.0638. The van der Waals surface area contributed by atoms with Crippen molar-refractivity contribution in [3.05, 3.63) is 29.3 Å². The van der Waals surface area contributed by atoms with Gasteiger partial charge in [0, 0.05) is 6.20 Å². The molecule has 1 amide bonds. The van der Waals surface area contributed by atoms with Crippen LogP contribution in [0.2, 0.25) is 0 Å². The Morgan fingerprint density at radius 3 is 3.12 bits per heavy atom. The van der Waals surface area contributed by atoms with Crippen LogP contribution in [0.3, 0.4) is 0 Å². The molecule has 0 fully saturated rings. The molecule has 0 bridgehead atoms. The fourth-order valence-electron chi connectivity index (χ4n) is 1.07. The second-order valence-corrected chi connectivity index (χ2v) is 3.65. The predicted octanol–water partition coefficient (Wildman–Crippen LogP) is 0.469. The molecule has 8 heteroatoms. The van der Waals surface area contributed by atoms with Crippen molar-refractivity contribution in [3.8, 4) is 0 Å². The highest BCUT2D eigenvalue weighted by Crippen LogP contribution is 2.17. The molecule has 16 heavy (non-hydrogen) atoms. The zero-order valence-electron chi connectivity index (χ0n) is 8.04. The van der Waals surface area contributed by atoms with Gasteiger partial charge >= 0.3 is 0 Å². The van der Waals surface area contributed by atoms with E-state index in [1.54, 1.807) is 18.3 Å². The molecule has 0 atom stereocenters. The second-order valence-electron chi connectivity index (χ2n) is 2.90. The van der Waals surface area contributed by atoms with Gasteiger partial charge in [0.05, 0.1) is 5.69 Å². The Labute approximate surface area is 99.0 Å². The maximum atomic E-state index is 11.6. The number of rotatable bonds is 3. The zero-order valence-corrected chi connectivity index (χ0v) is 9.62. The maximum Gasteiger partial charge on any atom is 0.246 e. The quantitative estimate of drug-likeness (QED) is 0.827. The highest BCUT2D eigenvalue weighted by molar-refractivity contribution is 9.10. The number of halogens is 1. The first kappa shape index (κ1) is 10.7. The molecule has 2 heterocycles. The first-order chi connectivity index (χ1) is 7.75. The van der Waals surface area contributed by atoms with E-state index in [0.717, 1.165) is 0 Å². The number of carbonyl (C=O) groups is 1. The van der Waals surface area contributed by atoms with Crippen molar-refractivity contribution in [1.29, 1.82) is 0 Å². The van der Waals surface area contributed by atoms with Crippen molar-refractivity contribution < 1.29 is 4.79 Å². The Morgan fingerprint density at radius 1 is 1.56 bits per heavy atom. The van der Waals surface area contributed by atoms with E-state index in [0.29, 0.717) is 10.3 Å². The monoisotopic (exact) mass is 282 g/mol. The van der Waals surface area contributed by atoms with Crippen LogP contribution in [0.15, 0.2) is 29.3 Å². The van der Waals surface area contributed by atoms with Gasteiger partial charge in [-0.2, -0.15) is 0 Å². The number of hydrogen-bond acceptors (Lipinski definition) is 5. The fraction of sp³-hybridized carbons (Fsp3) is 0.125. The second kappa shape index (κ2) is 4.79. The van der Waals surface area contributed by atoms with Crippen LogP contribution < -0.4 is 5.32 Å². The lowest BCUT2D eigenvalue weighted by atomic mass is 10.4. The topological polar surface area (TPSA) is 85.6 Å². The SMILES string of the molecule is O=C(Cn1cnnn1)Nc1cccnc1Br. The standard InChI is InChI=1S/C8H7BrN6O/c9-8-6(2-1-3-10-8)12-7(16)4-15-5-11-13-14-15/h1-3,5H,4H2,(H,12,16). The van der Waals surface area contributed by atoms with E-state index < -0.39 is 0 Å². The lowest BCUT2D eigenvalue weighted by molar-refractivity contribution is -0.116. The lowest BCUT2D eigenvalue weighted by Crippen LogP contribution is -2.19. The van der Waals surface area contributed by atoms with E-state index in [4.69, 9.17) is 0 Å². The fourth-order valence-corrected chi connectivity index (χ4v) is 1.42. The highest BCUT2D eigenvalue weighted by Gasteiger charge is 2.06. The summed E-state index contributed by atoms with van der Waals surface area (Å²) in [4.78, 5) is 15.5. The van der Waals surface area contributed by atoms with Crippen LogP contribution in [0, 0.1) is 0 Å². The number of nitrogens with zero attached hydrogens (tertiary/aromatic N) is 5. The normalized spacial score (nSPS) is 10.1. The van der Waals surface area contributed by atoms with Gasteiger partial charge < -0.3 is 5.32 Å². The summed E-state index contributed by atoms with van der Waals surface area (Å²) in [5, 5.41) is 13.1. The van der Waals surface area contributed by atoms with Gasteiger partial charge in [-0.05, 0) is 38.5 Å². The van der Waals surface area contributed by atoms with Crippen LogP contribution in [0.5, 0.6) is 0 Å². The first-order valence-corrected chi connectivity index (χ1v) is 5.16. The summed E-state index contributed by atoms with van der Waals surface area (Å²) in [6.45, 7) is 0.0638. The van der Waals surface area contributed by atoms with Gasteiger partial charge in [-0.15, -0.1) is 5.10 Å². The molecule has 0 radical (unpaired) electrons. The van der Waals surface area contributed by atoms with Gasteiger partial charge in [-0.25, -0.2) is 9.67 Å². The summed E-state index contributed by atoms with van der Waals surface area (Å²) >= 11 is 3.23. The van der Waals surface area contributed by atoms with Gasteiger partial charge in [-0.3, -0.25) is 4.79 Å². The van der Waals surface area contributed by atoms with E-state index in [1.807, 2.05) is 0 Å². The van der Waals surface area contributed by atoms with Crippen LogP contribution in [0.25, 0.3) is 0 Å². The number of anilines is 1. The van der Waals surface area contributed by atoms with Crippen molar-refractivity contribution in [2.24, 2.45) is 0 Å². The largest absolute Gasteiger partial charge is 0.322 e. The van der Waals surface area contributed by atoms with Crippen molar-refractivity contribution in [2.75, 3.05) is 5.32 Å². The molecule has 0 saturated heterocycles. The average molecular weight is 283 g/mol. The molecule has 0 aliphatic rings. The molecular formula is C8H7BrN6O. The van der Waals surface area contributed by atoms with Crippen LogP contribution in [0.4, 0.5) is 5.69 Å². The Hall–Kier alpha value is -1.83. The Balaban J connectivity index is 2.00. The van der Waals surface area contributed by atoms with Crippen LogP contribution in [0.1, 0.15) is 0 Å². The van der Waals surface area contributed by atoms with E-state index in [-0.39, 0.29) is 12.5 Å². The number of hydrogen-bond donors (Lipinski definition) is 1. The molecule has 0 unspecified atom stereocenters. The lowest BCUT2D eigenvalue weighted by Gasteiger charge is -2.05. The molecule has 7 nitrogen and oxygen atoms in total. The van der Waals surface area contributed by atoms with E-state index in [1.165, 1.54) is 11.0 Å². The van der Waals surface area contributed by atoms with Gasteiger partial charge in [-0.1, -0.05) is 0 Å². The molecule has 1 N–H and O–H groups in total. The van der Waals surface area contributed by atoms with Crippen LogP contribution in [-0.4, -0.2) is 31.1 Å². The van der Waals surface area contributed by atoms with E-state index in [2.05, 4.69) is 41.8 Å². The number of tetrazole rings is 1. The molecule has 0 aliphatic heterocycles. The molecular weight excluding hydrogens is 276 g/mol. The molecule has 2 aromatic heterocycles. The number of aromatic nitrogens is 5. The maximum absolute atomic E-state index is 11.6. The van der Waals surface area contributed by atoms with Crippen molar-refractivity contribution in [3.63, 3.8) is 0 Å². The van der Waals surface area contributed by atoms with Gasteiger partial charge in [0.15, 0.2) is 0 Å². The number of nitrogens with one attached hydrogen (secondary N) is 1. The summed E-state index contributed by atoms with van der Waals surface area (Å²) < 4.78 is 1.92. The molecule has 0 aromatic carbocycles. The predicted molar refractivity (Wildman–Crippen MR) is 58.4 cm³/mol. The number of pyridine rings is 1. The van der Waals surface area contributed by atoms with Gasteiger partial charge in [0.25, 0.3) is 0 Å².